The first-order chi connectivity index (χ1) is 13.2. The number of rotatable bonds is 7. The number of nitrogens with one attached hydrogen (secondary N) is 2. The molecule has 0 aliphatic carbocycles. The monoisotopic (exact) mass is 529 g/mol. The van der Waals surface area contributed by atoms with E-state index in [1.807, 2.05) is 6.92 Å². The van der Waals surface area contributed by atoms with Crippen LogP contribution in [-0.2, 0) is 16.1 Å². The van der Waals surface area contributed by atoms with Crippen molar-refractivity contribution in [2.45, 2.75) is 46.5 Å². The Morgan fingerprint density at radius 3 is 2.48 bits per heavy atom. The molecular weight excluding hydrogens is 503 g/mol. The van der Waals surface area contributed by atoms with Gasteiger partial charge in [-0.2, -0.15) is 8.78 Å². The smallest absolute Gasteiger partial charge is 0.387 e. The van der Waals surface area contributed by atoms with Gasteiger partial charge in [-0.15, -0.1) is 24.0 Å². The predicted octanol–water partition coefficient (Wildman–Crippen LogP) is 3.03. The summed E-state index contributed by atoms with van der Waals surface area (Å²) in [5.41, 5.74) is -0.207. The summed E-state index contributed by atoms with van der Waals surface area (Å²) in [6, 6.07) is 2.89. The van der Waals surface area contributed by atoms with E-state index in [0.29, 0.717) is 29.6 Å². The van der Waals surface area contributed by atoms with Gasteiger partial charge in [0.05, 0.1) is 6.54 Å². The summed E-state index contributed by atoms with van der Waals surface area (Å²) in [7, 11) is 0. The molecule has 0 unspecified atom stereocenters. The van der Waals surface area contributed by atoms with E-state index in [1.165, 1.54) is 6.07 Å². The number of carbonyl (C=O) groups is 1. The molecule has 1 aromatic carbocycles. The minimum absolute atomic E-state index is 0. The van der Waals surface area contributed by atoms with Crippen molar-refractivity contribution >= 4 is 35.9 Å². The van der Waals surface area contributed by atoms with Crippen LogP contribution in [0.1, 0.15) is 33.3 Å². The van der Waals surface area contributed by atoms with Crippen molar-refractivity contribution in [1.82, 2.24) is 10.6 Å². The maximum atomic E-state index is 12.7. The Morgan fingerprint density at radius 1 is 1.24 bits per heavy atom. The molecule has 0 saturated carbocycles. The molecule has 1 aromatic rings. The van der Waals surface area contributed by atoms with Crippen molar-refractivity contribution in [3.63, 3.8) is 0 Å². The minimum atomic E-state index is -2.98. The molecular formula is C18H26F2IN3O5. The lowest BCUT2D eigenvalue weighted by Crippen LogP contribution is -2.41. The summed E-state index contributed by atoms with van der Waals surface area (Å²) in [4.78, 5) is 16.2. The highest BCUT2D eigenvalue weighted by Gasteiger charge is 2.20. The van der Waals surface area contributed by atoms with E-state index in [0.717, 1.165) is 0 Å². The third-order valence-electron chi connectivity index (χ3n) is 3.34. The van der Waals surface area contributed by atoms with E-state index < -0.39 is 18.2 Å². The highest BCUT2D eigenvalue weighted by atomic mass is 127. The molecule has 2 rings (SSSR count). The summed E-state index contributed by atoms with van der Waals surface area (Å²) in [5.74, 6) is 0.597. The third-order valence-corrected chi connectivity index (χ3v) is 3.34. The normalized spacial score (nSPS) is 13.0. The van der Waals surface area contributed by atoms with E-state index in [4.69, 9.17) is 14.2 Å². The van der Waals surface area contributed by atoms with Gasteiger partial charge < -0.3 is 29.6 Å². The fourth-order valence-corrected chi connectivity index (χ4v) is 2.33. The maximum absolute atomic E-state index is 12.7. The van der Waals surface area contributed by atoms with E-state index in [1.54, 1.807) is 26.8 Å². The molecule has 0 radical (unpaired) electrons. The number of carbonyl (C=O) groups excluding carboxylic acids is 1. The van der Waals surface area contributed by atoms with Crippen LogP contribution in [0.15, 0.2) is 17.1 Å². The van der Waals surface area contributed by atoms with Gasteiger partial charge in [-0.05, 0) is 33.8 Å². The fraction of sp³-hybridized carbons (Fsp3) is 0.556. The lowest BCUT2D eigenvalue weighted by Gasteiger charge is -2.20. The number of alkyl halides is 2. The summed E-state index contributed by atoms with van der Waals surface area (Å²) < 4.78 is 45.7. The van der Waals surface area contributed by atoms with Crippen LogP contribution < -0.4 is 24.8 Å². The molecule has 29 heavy (non-hydrogen) atoms. The maximum Gasteiger partial charge on any atom is 0.387 e. The Kier molecular flexibility index (Phi) is 9.66. The van der Waals surface area contributed by atoms with Gasteiger partial charge in [-0.3, -0.25) is 4.79 Å². The Morgan fingerprint density at radius 2 is 1.90 bits per heavy atom. The molecule has 1 aliphatic rings. The molecule has 1 aliphatic heterocycles. The molecule has 2 N–H and O–H groups in total. The number of fused-ring (bicyclic) bond motifs is 1. The van der Waals surface area contributed by atoms with Gasteiger partial charge in [0.25, 0.3) is 0 Å². The quantitative estimate of drug-likeness (QED) is 0.243. The van der Waals surface area contributed by atoms with E-state index >= 15 is 0 Å². The molecule has 0 spiro atoms. The van der Waals surface area contributed by atoms with E-state index in [9.17, 15) is 13.6 Å². The summed E-state index contributed by atoms with van der Waals surface area (Å²) in [5, 5.41) is 5.82. The second kappa shape index (κ2) is 11.2. The first-order valence-corrected chi connectivity index (χ1v) is 8.79. The van der Waals surface area contributed by atoms with Crippen molar-refractivity contribution in [1.29, 1.82) is 0 Å². The van der Waals surface area contributed by atoms with Crippen molar-refractivity contribution in [2.75, 3.05) is 19.9 Å². The van der Waals surface area contributed by atoms with Gasteiger partial charge in [0, 0.05) is 18.2 Å². The standard InChI is InChI=1S/C18H25F2N3O5.HI/c1-5-21-17(23-9-15(24)28-18(2,3)4)22-8-11-6-13-14(26-10-25-13)7-12(11)27-16(19)20;/h6-7,16H,5,8-10H2,1-4H3,(H2,21,22,23);1H. The number of guanidine groups is 1. The number of ether oxygens (including phenoxy) is 4. The number of aliphatic imine (C=N–C) groups is 1. The number of halogens is 3. The largest absolute Gasteiger partial charge is 0.459 e. The zero-order valence-electron chi connectivity index (χ0n) is 16.7. The minimum Gasteiger partial charge on any atom is -0.459 e. The topological polar surface area (TPSA) is 90.4 Å². The number of hydrogen-bond donors (Lipinski definition) is 2. The van der Waals surface area contributed by atoms with Crippen molar-refractivity contribution in [3.8, 4) is 17.2 Å². The first-order valence-electron chi connectivity index (χ1n) is 8.79. The lowest BCUT2D eigenvalue weighted by atomic mass is 10.1. The van der Waals surface area contributed by atoms with Gasteiger partial charge in [-0.25, -0.2) is 4.99 Å². The molecule has 0 bridgehead atoms. The number of nitrogens with zero attached hydrogens (tertiary/aromatic N) is 1. The molecule has 0 aromatic heterocycles. The lowest BCUT2D eigenvalue weighted by molar-refractivity contribution is -0.153. The number of benzene rings is 1. The van der Waals surface area contributed by atoms with E-state index in [-0.39, 0.29) is 49.6 Å². The van der Waals surface area contributed by atoms with Crippen molar-refractivity contribution < 1.29 is 32.5 Å². The number of hydrogen-bond acceptors (Lipinski definition) is 6. The van der Waals surface area contributed by atoms with Crippen LogP contribution in [0.3, 0.4) is 0 Å². The summed E-state index contributed by atoms with van der Waals surface area (Å²) in [6.45, 7) is 4.67. The van der Waals surface area contributed by atoms with Crippen LogP contribution in [0.4, 0.5) is 8.78 Å². The molecule has 0 saturated heterocycles. The average Bonchev–Trinajstić information content (AvgIpc) is 3.02. The summed E-state index contributed by atoms with van der Waals surface area (Å²) in [6.07, 6.45) is 0. The zero-order valence-corrected chi connectivity index (χ0v) is 19.0. The highest BCUT2D eigenvalue weighted by Crippen LogP contribution is 2.39. The van der Waals surface area contributed by atoms with Gasteiger partial charge in [0.2, 0.25) is 6.79 Å². The Balaban J connectivity index is 0.00000420. The fourth-order valence-electron chi connectivity index (χ4n) is 2.33. The molecule has 0 amide bonds. The second-order valence-corrected chi connectivity index (χ2v) is 6.83. The van der Waals surface area contributed by atoms with Crippen LogP contribution in [0, 0.1) is 0 Å². The van der Waals surface area contributed by atoms with Crippen LogP contribution in [0.25, 0.3) is 0 Å². The van der Waals surface area contributed by atoms with Crippen LogP contribution >= 0.6 is 24.0 Å². The molecule has 0 atom stereocenters. The van der Waals surface area contributed by atoms with Gasteiger partial charge in [0.1, 0.15) is 17.9 Å². The zero-order chi connectivity index (χ0) is 20.7. The van der Waals surface area contributed by atoms with Gasteiger partial charge >= 0.3 is 12.6 Å². The summed E-state index contributed by atoms with van der Waals surface area (Å²) >= 11 is 0. The second-order valence-electron chi connectivity index (χ2n) is 6.83. The third kappa shape index (κ3) is 8.46. The Labute approximate surface area is 185 Å². The van der Waals surface area contributed by atoms with Gasteiger partial charge in [-0.1, -0.05) is 0 Å². The first kappa shape index (κ1) is 25.0. The van der Waals surface area contributed by atoms with Crippen molar-refractivity contribution in [2.24, 2.45) is 4.99 Å². The Hall–Kier alpha value is -2.05. The molecule has 11 heteroatoms. The van der Waals surface area contributed by atoms with E-state index in [2.05, 4.69) is 20.4 Å². The molecule has 164 valence electrons. The SMILES string of the molecule is CCNC(=NCc1cc2c(cc1OC(F)F)OCO2)NCC(=O)OC(C)(C)C.I. The van der Waals surface area contributed by atoms with Crippen LogP contribution in [0.5, 0.6) is 17.2 Å². The van der Waals surface area contributed by atoms with Crippen molar-refractivity contribution in [3.05, 3.63) is 17.7 Å². The molecule has 1 heterocycles. The predicted molar refractivity (Wildman–Crippen MR) is 113 cm³/mol. The van der Waals surface area contributed by atoms with Crippen LogP contribution in [-0.4, -0.2) is 44.0 Å². The Bertz CT molecular complexity index is 726. The van der Waals surface area contributed by atoms with Crippen LogP contribution in [0.2, 0.25) is 0 Å². The number of esters is 1. The molecule has 8 nitrogen and oxygen atoms in total. The average molecular weight is 529 g/mol. The molecule has 0 fully saturated rings. The van der Waals surface area contributed by atoms with Gasteiger partial charge in [0.15, 0.2) is 17.5 Å². The highest BCUT2D eigenvalue weighted by molar-refractivity contribution is 14.0.